The van der Waals surface area contributed by atoms with E-state index in [1.807, 2.05) is 0 Å². The van der Waals surface area contributed by atoms with Crippen LogP contribution < -0.4 is 10.6 Å². The lowest BCUT2D eigenvalue weighted by molar-refractivity contribution is -0.126. The number of carbonyl (C=O) groups is 1. The van der Waals surface area contributed by atoms with Crippen LogP contribution in [0.4, 0.5) is 0 Å². The van der Waals surface area contributed by atoms with E-state index >= 15 is 0 Å². The molecule has 0 aromatic heterocycles. The summed E-state index contributed by atoms with van der Waals surface area (Å²) in [5.41, 5.74) is 0. The van der Waals surface area contributed by atoms with Gasteiger partial charge in [-0.2, -0.15) is 0 Å². The first-order chi connectivity index (χ1) is 7.25. The lowest BCUT2D eigenvalue weighted by Crippen LogP contribution is -2.44. The summed E-state index contributed by atoms with van der Waals surface area (Å²) < 4.78 is 5.45. The number of amides is 1. The van der Waals surface area contributed by atoms with Crippen molar-refractivity contribution < 1.29 is 9.53 Å². The van der Waals surface area contributed by atoms with Gasteiger partial charge in [0, 0.05) is 19.2 Å². The molecule has 2 fully saturated rings. The van der Waals surface area contributed by atoms with Crippen LogP contribution in [-0.4, -0.2) is 37.7 Å². The summed E-state index contributed by atoms with van der Waals surface area (Å²) in [5, 5.41) is 6.35. The minimum atomic E-state index is 0.183. The van der Waals surface area contributed by atoms with Gasteiger partial charge in [0.05, 0.1) is 12.0 Å². The van der Waals surface area contributed by atoms with Crippen molar-refractivity contribution in [2.75, 3.05) is 19.7 Å². The Bertz CT molecular complexity index is 227. The third-order valence-electron chi connectivity index (χ3n) is 3.26. The Morgan fingerprint density at radius 3 is 3.00 bits per heavy atom. The molecule has 2 aliphatic heterocycles. The molecule has 0 radical (unpaired) electrons. The molecule has 0 aliphatic carbocycles. The normalized spacial score (nSPS) is 36.5. The molecule has 1 amide bonds. The molecule has 3 unspecified atom stereocenters. The van der Waals surface area contributed by atoms with Crippen molar-refractivity contribution in [1.82, 2.24) is 10.6 Å². The topological polar surface area (TPSA) is 50.4 Å². The van der Waals surface area contributed by atoms with E-state index in [0.717, 1.165) is 39.0 Å². The standard InChI is InChI=1S/C11H20N2O2/c1-8-6-10(3-5-15-8)13-11(14)9-2-4-12-7-9/h8-10,12H,2-7H2,1H3,(H,13,14). The highest BCUT2D eigenvalue weighted by Gasteiger charge is 2.26. The van der Waals surface area contributed by atoms with E-state index in [-0.39, 0.29) is 17.9 Å². The van der Waals surface area contributed by atoms with Crippen LogP contribution in [0.2, 0.25) is 0 Å². The Balaban J connectivity index is 1.77. The van der Waals surface area contributed by atoms with Crippen molar-refractivity contribution in [3.05, 3.63) is 0 Å². The molecule has 0 spiro atoms. The van der Waals surface area contributed by atoms with Crippen molar-refractivity contribution in [2.24, 2.45) is 5.92 Å². The van der Waals surface area contributed by atoms with Crippen molar-refractivity contribution in [3.8, 4) is 0 Å². The monoisotopic (exact) mass is 212 g/mol. The predicted octanol–water partition coefficient (Wildman–Crippen LogP) is 0.280. The quantitative estimate of drug-likeness (QED) is 0.691. The van der Waals surface area contributed by atoms with Crippen LogP contribution in [0.15, 0.2) is 0 Å². The molecule has 4 heteroatoms. The molecule has 0 bridgehead atoms. The number of rotatable bonds is 2. The fraction of sp³-hybridized carbons (Fsp3) is 0.909. The Labute approximate surface area is 90.8 Å². The van der Waals surface area contributed by atoms with Gasteiger partial charge in [-0.05, 0) is 32.7 Å². The molecule has 4 nitrogen and oxygen atoms in total. The van der Waals surface area contributed by atoms with Crippen molar-refractivity contribution in [3.63, 3.8) is 0 Å². The van der Waals surface area contributed by atoms with E-state index in [2.05, 4.69) is 17.6 Å². The highest BCUT2D eigenvalue weighted by Crippen LogP contribution is 2.15. The average molecular weight is 212 g/mol. The molecular formula is C11H20N2O2. The summed E-state index contributed by atoms with van der Waals surface area (Å²) in [4.78, 5) is 11.8. The summed E-state index contributed by atoms with van der Waals surface area (Å²) in [5.74, 6) is 0.405. The minimum absolute atomic E-state index is 0.183. The van der Waals surface area contributed by atoms with E-state index in [0.29, 0.717) is 6.04 Å². The number of hydrogen-bond acceptors (Lipinski definition) is 3. The van der Waals surface area contributed by atoms with E-state index in [9.17, 15) is 4.79 Å². The maximum absolute atomic E-state index is 11.8. The van der Waals surface area contributed by atoms with Crippen LogP contribution in [0.5, 0.6) is 0 Å². The molecule has 2 heterocycles. The van der Waals surface area contributed by atoms with Crippen LogP contribution >= 0.6 is 0 Å². The molecule has 2 rings (SSSR count). The van der Waals surface area contributed by atoms with Gasteiger partial charge < -0.3 is 15.4 Å². The predicted molar refractivity (Wildman–Crippen MR) is 57.6 cm³/mol. The van der Waals surface area contributed by atoms with Gasteiger partial charge in [-0.3, -0.25) is 4.79 Å². The first kappa shape index (κ1) is 10.9. The minimum Gasteiger partial charge on any atom is -0.378 e. The number of carbonyl (C=O) groups excluding carboxylic acids is 1. The lowest BCUT2D eigenvalue weighted by Gasteiger charge is -2.28. The van der Waals surface area contributed by atoms with Gasteiger partial charge in [-0.1, -0.05) is 0 Å². The van der Waals surface area contributed by atoms with E-state index in [1.54, 1.807) is 0 Å². The largest absolute Gasteiger partial charge is 0.378 e. The first-order valence-electron chi connectivity index (χ1n) is 5.88. The molecule has 2 saturated heterocycles. The van der Waals surface area contributed by atoms with Gasteiger partial charge in [-0.25, -0.2) is 0 Å². The van der Waals surface area contributed by atoms with E-state index in [1.165, 1.54) is 0 Å². The lowest BCUT2D eigenvalue weighted by atomic mass is 10.0. The van der Waals surface area contributed by atoms with Crippen LogP contribution in [-0.2, 0) is 9.53 Å². The summed E-state index contributed by atoms with van der Waals surface area (Å²) in [6.45, 7) is 4.65. The van der Waals surface area contributed by atoms with Gasteiger partial charge in [0.15, 0.2) is 0 Å². The summed E-state index contributed by atoms with van der Waals surface area (Å²) in [6, 6.07) is 0.321. The zero-order valence-corrected chi connectivity index (χ0v) is 9.29. The fourth-order valence-corrected chi connectivity index (χ4v) is 2.33. The molecule has 15 heavy (non-hydrogen) atoms. The molecule has 3 atom stereocenters. The highest BCUT2D eigenvalue weighted by atomic mass is 16.5. The maximum atomic E-state index is 11.8. The Morgan fingerprint density at radius 1 is 1.47 bits per heavy atom. The van der Waals surface area contributed by atoms with Crippen LogP contribution in [0.25, 0.3) is 0 Å². The van der Waals surface area contributed by atoms with Crippen LogP contribution in [0, 0.1) is 5.92 Å². The summed E-state index contributed by atoms with van der Waals surface area (Å²) in [6.07, 6.45) is 3.16. The zero-order valence-electron chi connectivity index (χ0n) is 9.29. The van der Waals surface area contributed by atoms with Crippen molar-refractivity contribution >= 4 is 5.91 Å². The molecule has 0 saturated carbocycles. The van der Waals surface area contributed by atoms with Gasteiger partial charge in [0.1, 0.15) is 0 Å². The summed E-state index contributed by atoms with van der Waals surface area (Å²) in [7, 11) is 0. The van der Waals surface area contributed by atoms with Gasteiger partial charge in [0.25, 0.3) is 0 Å². The molecule has 0 aromatic carbocycles. The second-order valence-electron chi connectivity index (χ2n) is 4.60. The molecular weight excluding hydrogens is 192 g/mol. The number of ether oxygens (including phenoxy) is 1. The Hall–Kier alpha value is -0.610. The third-order valence-corrected chi connectivity index (χ3v) is 3.26. The SMILES string of the molecule is CC1CC(NC(=O)C2CCNC2)CCO1. The van der Waals surface area contributed by atoms with Crippen LogP contribution in [0.1, 0.15) is 26.2 Å². The van der Waals surface area contributed by atoms with Crippen molar-refractivity contribution in [1.29, 1.82) is 0 Å². The molecule has 0 aromatic rings. The molecule has 86 valence electrons. The Kier molecular flexibility index (Phi) is 3.59. The second-order valence-corrected chi connectivity index (χ2v) is 4.60. The third kappa shape index (κ3) is 2.92. The molecule has 2 aliphatic rings. The van der Waals surface area contributed by atoms with Gasteiger partial charge in [-0.15, -0.1) is 0 Å². The smallest absolute Gasteiger partial charge is 0.224 e. The van der Waals surface area contributed by atoms with Gasteiger partial charge >= 0.3 is 0 Å². The molecule has 2 N–H and O–H groups in total. The fourth-order valence-electron chi connectivity index (χ4n) is 2.33. The number of nitrogens with one attached hydrogen (secondary N) is 2. The van der Waals surface area contributed by atoms with Gasteiger partial charge in [0.2, 0.25) is 5.91 Å². The zero-order chi connectivity index (χ0) is 10.7. The van der Waals surface area contributed by atoms with E-state index in [4.69, 9.17) is 4.74 Å². The average Bonchev–Trinajstić information content (AvgIpc) is 2.70. The van der Waals surface area contributed by atoms with Crippen LogP contribution in [0.3, 0.4) is 0 Å². The Morgan fingerprint density at radius 2 is 2.33 bits per heavy atom. The van der Waals surface area contributed by atoms with Crippen molar-refractivity contribution in [2.45, 2.75) is 38.3 Å². The maximum Gasteiger partial charge on any atom is 0.224 e. The second kappa shape index (κ2) is 4.94. The number of hydrogen-bond donors (Lipinski definition) is 2. The highest BCUT2D eigenvalue weighted by molar-refractivity contribution is 5.79. The van der Waals surface area contributed by atoms with E-state index < -0.39 is 0 Å². The first-order valence-corrected chi connectivity index (χ1v) is 5.88. The summed E-state index contributed by atoms with van der Waals surface area (Å²) >= 11 is 0.